The zero-order valence-corrected chi connectivity index (χ0v) is 14.1. The van der Waals surface area contributed by atoms with Crippen molar-refractivity contribution in [2.45, 2.75) is 17.4 Å². The fourth-order valence-corrected chi connectivity index (χ4v) is 4.28. The van der Waals surface area contributed by atoms with Crippen LogP contribution in [0.15, 0.2) is 59.9 Å². The van der Waals surface area contributed by atoms with Crippen LogP contribution in [-0.4, -0.2) is 46.9 Å². The molecule has 128 valence electrons. The molecule has 0 N–H and O–H groups in total. The minimum absolute atomic E-state index is 0.196. The molecule has 0 unspecified atom stereocenters. The first kappa shape index (κ1) is 15.9. The third-order valence-electron chi connectivity index (χ3n) is 4.09. The number of sulfonamides is 1. The van der Waals surface area contributed by atoms with Gasteiger partial charge in [-0.25, -0.2) is 18.4 Å². The van der Waals surface area contributed by atoms with Crippen molar-refractivity contribution < 1.29 is 13.2 Å². The molecule has 2 aromatic heterocycles. The Kier molecular flexibility index (Phi) is 4.06. The third-order valence-corrected chi connectivity index (χ3v) is 5.94. The van der Waals surface area contributed by atoms with Gasteiger partial charge in [0.15, 0.2) is 0 Å². The van der Waals surface area contributed by atoms with E-state index in [0.717, 1.165) is 11.0 Å². The number of pyridine rings is 1. The molecule has 8 heteroatoms. The van der Waals surface area contributed by atoms with Crippen LogP contribution < -0.4 is 4.74 Å². The molecular weight excluding hydrogens is 340 g/mol. The van der Waals surface area contributed by atoms with Gasteiger partial charge in [-0.3, -0.25) is 4.98 Å². The number of para-hydroxylation sites is 2. The lowest BCUT2D eigenvalue weighted by Crippen LogP contribution is -2.31. The van der Waals surface area contributed by atoms with Crippen LogP contribution >= 0.6 is 0 Å². The van der Waals surface area contributed by atoms with Crippen molar-refractivity contribution in [3.05, 3.63) is 55.0 Å². The van der Waals surface area contributed by atoms with Crippen LogP contribution in [-0.2, 0) is 10.0 Å². The van der Waals surface area contributed by atoms with Crippen LogP contribution in [0.1, 0.15) is 6.42 Å². The van der Waals surface area contributed by atoms with Crippen molar-refractivity contribution in [1.29, 1.82) is 0 Å². The van der Waals surface area contributed by atoms with Gasteiger partial charge in [0.2, 0.25) is 15.9 Å². The monoisotopic (exact) mass is 356 g/mol. The van der Waals surface area contributed by atoms with Gasteiger partial charge in [0.1, 0.15) is 11.0 Å². The number of hydrogen-bond acceptors (Lipinski definition) is 6. The van der Waals surface area contributed by atoms with Crippen LogP contribution in [0.3, 0.4) is 0 Å². The molecule has 1 aromatic carbocycles. The molecule has 0 radical (unpaired) electrons. The summed E-state index contributed by atoms with van der Waals surface area (Å²) in [5.74, 6) is 0.407. The highest BCUT2D eigenvalue weighted by Crippen LogP contribution is 2.23. The third kappa shape index (κ3) is 3.18. The molecule has 4 rings (SSSR count). The van der Waals surface area contributed by atoms with Crippen LogP contribution in [0.2, 0.25) is 0 Å². The van der Waals surface area contributed by atoms with E-state index in [2.05, 4.69) is 15.0 Å². The first-order valence-electron chi connectivity index (χ1n) is 7.91. The summed E-state index contributed by atoms with van der Waals surface area (Å²) in [6.45, 7) is 0.689. The van der Waals surface area contributed by atoms with Crippen molar-refractivity contribution in [1.82, 2.24) is 19.3 Å². The quantitative estimate of drug-likeness (QED) is 0.709. The summed E-state index contributed by atoms with van der Waals surface area (Å²) < 4.78 is 32.5. The second-order valence-electron chi connectivity index (χ2n) is 5.78. The molecule has 1 saturated heterocycles. The molecule has 1 aliphatic heterocycles. The zero-order chi connectivity index (χ0) is 17.3. The minimum atomic E-state index is -3.54. The average molecular weight is 356 g/mol. The van der Waals surface area contributed by atoms with Crippen molar-refractivity contribution in [2.75, 3.05) is 13.1 Å². The highest BCUT2D eigenvalue weighted by molar-refractivity contribution is 7.89. The zero-order valence-electron chi connectivity index (χ0n) is 13.3. The predicted octanol–water partition coefficient (Wildman–Crippen LogP) is 1.87. The lowest BCUT2D eigenvalue weighted by Gasteiger charge is -2.16. The molecular formula is C17H16N4O3S. The lowest BCUT2D eigenvalue weighted by atomic mass is 10.3. The van der Waals surface area contributed by atoms with E-state index in [9.17, 15) is 8.42 Å². The maximum Gasteiger partial charge on any atom is 0.244 e. The summed E-state index contributed by atoms with van der Waals surface area (Å²) in [5, 5.41) is 0. The van der Waals surface area contributed by atoms with E-state index < -0.39 is 10.0 Å². The lowest BCUT2D eigenvalue weighted by molar-refractivity contribution is 0.207. The largest absolute Gasteiger partial charge is 0.472 e. The van der Waals surface area contributed by atoms with E-state index in [-0.39, 0.29) is 17.5 Å². The molecule has 0 spiro atoms. The standard InChI is InChI=1S/C17H16N4O3S/c22-25(23,14-4-3-8-18-10-14)21-9-7-13(12-21)24-17-11-19-15-5-1-2-6-16(15)20-17/h1-6,8,10-11,13H,7,9,12H2/t13-/m0/s1. The maximum atomic E-state index is 12.6. The van der Waals surface area contributed by atoms with Gasteiger partial charge >= 0.3 is 0 Å². The van der Waals surface area contributed by atoms with E-state index in [1.807, 2.05) is 24.3 Å². The van der Waals surface area contributed by atoms with Gasteiger partial charge < -0.3 is 4.74 Å². The Morgan fingerprint density at radius 3 is 2.72 bits per heavy atom. The van der Waals surface area contributed by atoms with Crippen LogP contribution in [0.25, 0.3) is 11.0 Å². The van der Waals surface area contributed by atoms with Crippen LogP contribution in [0, 0.1) is 0 Å². The first-order valence-corrected chi connectivity index (χ1v) is 9.35. The van der Waals surface area contributed by atoms with Crippen LogP contribution in [0.5, 0.6) is 5.88 Å². The number of nitrogens with zero attached hydrogens (tertiary/aromatic N) is 4. The van der Waals surface area contributed by atoms with Gasteiger partial charge in [-0.2, -0.15) is 4.31 Å². The Bertz CT molecular complexity index is 995. The Labute approximate surface area is 145 Å². The van der Waals surface area contributed by atoms with Crippen molar-refractivity contribution in [3.63, 3.8) is 0 Å². The van der Waals surface area contributed by atoms with Crippen molar-refractivity contribution in [2.24, 2.45) is 0 Å². The van der Waals surface area contributed by atoms with Gasteiger partial charge in [0, 0.05) is 18.9 Å². The van der Waals surface area contributed by atoms with E-state index in [4.69, 9.17) is 4.74 Å². The normalized spacial score (nSPS) is 18.5. The summed E-state index contributed by atoms with van der Waals surface area (Å²) >= 11 is 0. The minimum Gasteiger partial charge on any atom is -0.472 e. The number of aromatic nitrogens is 3. The number of rotatable bonds is 4. The van der Waals surface area contributed by atoms with E-state index >= 15 is 0 Å². The number of fused-ring (bicyclic) bond motifs is 1. The first-order chi connectivity index (χ1) is 12.1. The molecule has 0 saturated carbocycles. The summed E-state index contributed by atoms with van der Waals surface area (Å²) in [6, 6.07) is 10.7. The Morgan fingerprint density at radius 2 is 1.92 bits per heavy atom. The highest BCUT2D eigenvalue weighted by Gasteiger charge is 2.34. The Balaban J connectivity index is 1.49. The van der Waals surface area contributed by atoms with Gasteiger partial charge in [0.05, 0.1) is 23.8 Å². The average Bonchev–Trinajstić information content (AvgIpc) is 3.12. The van der Waals surface area contributed by atoms with Crippen molar-refractivity contribution in [3.8, 4) is 5.88 Å². The second kappa shape index (κ2) is 6.38. The summed E-state index contributed by atoms with van der Waals surface area (Å²) in [7, 11) is -3.54. The van der Waals surface area contributed by atoms with E-state index in [1.54, 1.807) is 24.5 Å². The summed E-state index contributed by atoms with van der Waals surface area (Å²) in [6.07, 6.45) is 4.84. The molecule has 1 atom stereocenters. The van der Waals surface area contributed by atoms with E-state index in [1.165, 1.54) is 10.5 Å². The number of benzene rings is 1. The smallest absolute Gasteiger partial charge is 0.244 e. The van der Waals surface area contributed by atoms with Crippen molar-refractivity contribution >= 4 is 21.1 Å². The van der Waals surface area contributed by atoms with Gasteiger partial charge in [-0.1, -0.05) is 12.1 Å². The maximum absolute atomic E-state index is 12.6. The molecule has 1 fully saturated rings. The molecule has 3 aromatic rings. The van der Waals surface area contributed by atoms with Gasteiger partial charge in [0.25, 0.3) is 0 Å². The SMILES string of the molecule is O=S(=O)(c1cccnc1)N1CC[C@H](Oc2cnc3ccccc3n2)C1. The van der Waals surface area contributed by atoms with Crippen LogP contribution in [0.4, 0.5) is 0 Å². The molecule has 0 bridgehead atoms. The number of hydrogen-bond donors (Lipinski definition) is 0. The summed E-state index contributed by atoms with van der Waals surface area (Å²) in [4.78, 5) is 12.8. The molecule has 0 amide bonds. The highest BCUT2D eigenvalue weighted by atomic mass is 32.2. The Morgan fingerprint density at radius 1 is 1.08 bits per heavy atom. The molecule has 25 heavy (non-hydrogen) atoms. The second-order valence-corrected chi connectivity index (χ2v) is 7.72. The van der Waals surface area contributed by atoms with E-state index in [0.29, 0.717) is 18.8 Å². The predicted molar refractivity (Wildman–Crippen MR) is 91.6 cm³/mol. The summed E-state index contributed by atoms with van der Waals surface area (Å²) in [5.41, 5.74) is 1.54. The number of ether oxygens (including phenoxy) is 1. The van der Waals surface area contributed by atoms with Gasteiger partial charge in [-0.15, -0.1) is 0 Å². The fourth-order valence-electron chi connectivity index (χ4n) is 2.83. The molecule has 0 aliphatic carbocycles. The fraction of sp³-hybridized carbons (Fsp3) is 0.235. The van der Waals surface area contributed by atoms with Gasteiger partial charge in [-0.05, 0) is 30.7 Å². The molecule has 7 nitrogen and oxygen atoms in total. The molecule has 3 heterocycles. The topological polar surface area (TPSA) is 85.3 Å². The Hall–Kier alpha value is -2.58. The molecule has 1 aliphatic rings.